The van der Waals surface area contributed by atoms with Gasteiger partial charge in [0.05, 0.1) is 32.8 Å². The first-order chi connectivity index (χ1) is 33.1. The molecule has 398 valence electrons. The molecular formula is C52H82N6O9S4. The van der Waals surface area contributed by atoms with Crippen LogP contribution in [0.4, 0.5) is 0 Å². The van der Waals surface area contributed by atoms with Crippen molar-refractivity contribution in [1.82, 2.24) is 27.9 Å². The Morgan fingerprint density at radius 1 is 0.563 bits per heavy atom. The number of sulfonamides is 4. The second-order valence-corrected chi connectivity index (χ2v) is 25.8. The number of hydrogen-bond donors (Lipinski definition) is 2. The maximum Gasteiger partial charge on any atom is 0.243 e. The van der Waals surface area contributed by atoms with E-state index in [4.69, 9.17) is 4.74 Å². The van der Waals surface area contributed by atoms with E-state index in [1.807, 2.05) is 58.9 Å². The molecule has 2 aliphatic heterocycles. The van der Waals surface area contributed by atoms with Crippen molar-refractivity contribution in [3.05, 3.63) is 119 Å². The van der Waals surface area contributed by atoms with Gasteiger partial charge >= 0.3 is 0 Å². The highest BCUT2D eigenvalue weighted by atomic mass is 32.2. The number of nitrogens with one attached hydrogen (secondary N) is 2. The van der Waals surface area contributed by atoms with Crippen molar-refractivity contribution in [1.29, 1.82) is 0 Å². The van der Waals surface area contributed by atoms with Gasteiger partial charge in [-0.3, -0.25) is 4.90 Å². The van der Waals surface area contributed by atoms with Crippen LogP contribution in [0.25, 0.3) is 0 Å². The van der Waals surface area contributed by atoms with E-state index in [0.29, 0.717) is 64.8 Å². The third-order valence-corrected chi connectivity index (χ3v) is 18.6. The quantitative estimate of drug-likeness (QED) is 0.101. The van der Waals surface area contributed by atoms with Crippen LogP contribution in [0.2, 0.25) is 0 Å². The summed E-state index contributed by atoms with van der Waals surface area (Å²) in [6.45, 7) is 25.1. The summed E-state index contributed by atoms with van der Waals surface area (Å²) >= 11 is 0. The van der Waals surface area contributed by atoms with E-state index < -0.39 is 40.1 Å². The Kier molecular flexibility index (Phi) is 25.5. The van der Waals surface area contributed by atoms with Crippen molar-refractivity contribution >= 4 is 40.1 Å². The van der Waals surface area contributed by atoms with Crippen LogP contribution < -0.4 is 9.44 Å². The normalized spacial score (nSPS) is 16.1. The summed E-state index contributed by atoms with van der Waals surface area (Å²) in [7, 11) is -13.3. The third kappa shape index (κ3) is 20.7. The Morgan fingerprint density at radius 2 is 0.986 bits per heavy atom. The van der Waals surface area contributed by atoms with Crippen molar-refractivity contribution in [2.75, 3.05) is 85.2 Å². The molecule has 0 radical (unpaired) electrons. The predicted molar refractivity (Wildman–Crippen MR) is 287 cm³/mol. The van der Waals surface area contributed by atoms with Gasteiger partial charge in [0.2, 0.25) is 40.1 Å². The van der Waals surface area contributed by atoms with Gasteiger partial charge in [0.1, 0.15) is 0 Å². The van der Waals surface area contributed by atoms with Crippen molar-refractivity contribution in [2.24, 2.45) is 5.92 Å². The number of rotatable bonds is 18. The van der Waals surface area contributed by atoms with Gasteiger partial charge in [-0.15, -0.1) is 0 Å². The Balaban J connectivity index is 0.000000251. The van der Waals surface area contributed by atoms with Gasteiger partial charge in [0.15, 0.2) is 0 Å². The number of hydrogen-bond acceptors (Lipinski definition) is 11. The van der Waals surface area contributed by atoms with Gasteiger partial charge in [-0.1, -0.05) is 92.1 Å². The molecule has 15 nitrogen and oxygen atoms in total. The molecule has 2 N–H and O–H groups in total. The summed E-state index contributed by atoms with van der Waals surface area (Å²) in [5.41, 5.74) is 4.26. The molecule has 1 saturated carbocycles. The minimum atomic E-state index is -3.39. The topological polar surface area (TPSA) is 183 Å². The molecule has 7 rings (SSSR count). The van der Waals surface area contributed by atoms with E-state index in [-0.39, 0.29) is 13.5 Å². The minimum Gasteiger partial charge on any atom is -0.379 e. The Bertz CT molecular complexity index is 2610. The number of morpholine rings is 1. The van der Waals surface area contributed by atoms with E-state index >= 15 is 0 Å². The fourth-order valence-electron chi connectivity index (χ4n) is 7.44. The Labute approximate surface area is 428 Å². The molecule has 0 aromatic heterocycles. The summed E-state index contributed by atoms with van der Waals surface area (Å²) in [4.78, 5) is 5.98. The predicted octanol–water partition coefficient (Wildman–Crippen LogP) is 7.44. The lowest BCUT2D eigenvalue weighted by Gasteiger charge is -2.33. The van der Waals surface area contributed by atoms with Crippen LogP contribution in [0.1, 0.15) is 83.1 Å². The molecule has 0 atom stereocenters. The summed E-state index contributed by atoms with van der Waals surface area (Å²) in [6, 6.07) is 27.8. The van der Waals surface area contributed by atoms with Gasteiger partial charge in [0, 0.05) is 71.5 Å². The molecule has 71 heavy (non-hydrogen) atoms. The molecule has 19 heteroatoms. The molecule has 0 unspecified atom stereocenters. The zero-order chi connectivity index (χ0) is 51.5. The van der Waals surface area contributed by atoms with Crippen LogP contribution in [0.15, 0.2) is 117 Å². The van der Waals surface area contributed by atoms with E-state index in [0.717, 1.165) is 81.0 Å². The van der Waals surface area contributed by atoms with Crippen LogP contribution in [0.5, 0.6) is 0 Å². The molecule has 3 fully saturated rings. The molecule has 0 bridgehead atoms. The Morgan fingerprint density at radius 3 is 1.41 bits per heavy atom. The summed E-state index contributed by atoms with van der Waals surface area (Å²) in [5.74, 6) is 0.580. The molecule has 1 aliphatic carbocycles. The lowest BCUT2D eigenvalue weighted by molar-refractivity contribution is 0.0390. The van der Waals surface area contributed by atoms with E-state index in [9.17, 15) is 33.7 Å². The fraction of sp³-hybridized carbons (Fsp3) is 0.538. The summed E-state index contributed by atoms with van der Waals surface area (Å²) < 4.78 is 111. The SMILES string of the molecule is C.CCCN(CC1CC1)S(=O)(=O)c1ccc(C)cc1.CCCN1CCN(S(=O)(=O)c2ccc(C)cc2)CC1.Cc1ccc(S(=O)(=O)NC(C)C)cc1.Cc1ccc(S(=O)(=O)NCCN2CCOCC2)cc1. The molecule has 0 spiro atoms. The van der Waals surface area contributed by atoms with Gasteiger partial charge < -0.3 is 9.64 Å². The minimum absolute atomic E-state index is 0. The van der Waals surface area contributed by atoms with E-state index in [1.165, 1.54) is 12.8 Å². The first kappa shape index (κ1) is 61.7. The largest absolute Gasteiger partial charge is 0.379 e. The highest BCUT2D eigenvalue weighted by molar-refractivity contribution is 7.90. The summed E-state index contributed by atoms with van der Waals surface area (Å²) in [5, 5.41) is 0. The first-order valence-electron chi connectivity index (χ1n) is 24.4. The van der Waals surface area contributed by atoms with Gasteiger partial charge in [-0.2, -0.15) is 8.61 Å². The fourth-order valence-corrected chi connectivity index (χ4v) is 12.7. The van der Waals surface area contributed by atoms with Crippen LogP contribution >= 0.6 is 0 Å². The number of aryl methyl sites for hydroxylation is 4. The molecule has 4 aromatic rings. The van der Waals surface area contributed by atoms with Crippen LogP contribution in [0.3, 0.4) is 0 Å². The molecule has 0 amide bonds. The second-order valence-electron chi connectivity index (χ2n) is 18.4. The third-order valence-electron chi connectivity index (χ3n) is 11.7. The monoisotopic (exact) mass is 1060 g/mol. The van der Waals surface area contributed by atoms with Gasteiger partial charge in [0.25, 0.3) is 0 Å². The standard InChI is InChI=1S/C14H22N2O2S.C14H21NO2S.C13H20N2O3S.C10H15NO2S.CH4/c1-3-8-15-9-11-16(12-10-15)19(17,18)14-6-4-13(2)5-7-14;1-3-10-15(11-13-6-7-13)18(16,17)14-8-4-12(2)5-9-14;1-12-2-4-13(5-3-12)19(16,17)14-6-7-15-8-10-18-11-9-15;1-8(2)11-14(12,13)10-6-4-9(3)5-7-10;/h4-7H,3,8-12H2,1-2H3;4-5,8-9,13H,3,6-7,10-11H2,1-2H3;2-5,14H,6-11H2,1H3;4-8,11H,1-3H3;1H4. The first-order valence-corrected chi connectivity index (χ1v) is 30.2. The highest BCUT2D eigenvalue weighted by Gasteiger charge is 2.31. The van der Waals surface area contributed by atoms with E-state index in [2.05, 4.69) is 26.2 Å². The van der Waals surface area contributed by atoms with Crippen LogP contribution in [0, 0.1) is 33.6 Å². The molecule has 4 aromatic carbocycles. The molecular weight excluding hydrogens is 981 g/mol. The van der Waals surface area contributed by atoms with Crippen molar-refractivity contribution < 1.29 is 38.4 Å². The maximum atomic E-state index is 12.5. The number of piperazine rings is 1. The number of benzene rings is 4. The molecule has 3 aliphatic rings. The van der Waals surface area contributed by atoms with Crippen molar-refractivity contribution in [3.63, 3.8) is 0 Å². The molecule has 2 saturated heterocycles. The zero-order valence-electron chi connectivity index (χ0n) is 42.5. The lowest BCUT2D eigenvalue weighted by atomic mass is 10.2. The second kappa shape index (κ2) is 29.3. The average molecular weight is 1060 g/mol. The zero-order valence-corrected chi connectivity index (χ0v) is 45.8. The van der Waals surface area contributed by atoms with Crippen LogP contribution in [-0.4, -0.2) is 143 Å². The smallest absolute Gasteiger partial charge is 0.243 e. The number of ether oxygens (including phenoxy) is 1. The van der Waals surface area contributed by atoms with Gasteiger partial charge in [-0.05, 0) is 128 Å². The van der Waals surface area contributed by atoms with Crippen LogP contribution in [-0.2, 0) is 44.8 Å². The van der Waals surface area contributed by atoms with Crippen molar-refractivity contribution in [2.45, 2.75) is 114 Å². The van der Waals surface area contributed by atoms with Crippen molar-refractivity contribution in [3.8, 4) is 0 Å². The number of nitrogens with zero attached hydrogens (tertiary/aromatic N) is 4. The lowest BCUT2D eigenvalue weighted by Crippen LogP contribution is -2.48. The summed E-state index contributed by atoms with van der Waals surface area (Å²) in [6.07, 6.45) is 4.32. The average Bonchev–Trinajstić information content (AvgIpc) is 4.15. The molecule has 2 heterocycles. The van der Waals surface area contributed by atoms with E-state index in [1.54, 1.807) is 95.3 Å². The van der Waals surface area contributed by atoms with Gasteiger partial charge in [-0.25, -0.2) is 43.1 Å². The highest BCUT2D eigenvalue weighted by Crippen LogP contribution is 2.32. The Hall–Kier alpha value is -3.60. The maximum absolute atomic E-state index is 12.5.